The van der Waals surface area contributed by atoms with Crippen LogP contribution in [0.1, 0.15) is 41.5 Å². The first-order valence-corrected chi connectivity index (χ1v) is 8.48. The van der Waals surface area contributed by atoms with Crippen molar-refractivity contribution in [3.05, 3.63) is 12.2 Å². The molecule has 1 amide bonds. The smallest absolute Gasteiger partial charge is 0.326 e. The maximum atomic E-state index is 12.3. The van der Waals surface area contributed by atoms with Gasteiger partial charge < -0.3 is 19.1 Å². The van der Waals surface area contributed by atoms with Crippen LogP contribution in [0.2, 0.25) is 0 Å². The van der Waals surface area contributed by atoms with Gasteiger partial charge >= 0.3 is 5.97 Å². The highest BCUT2D eigenvalue weighted by atomic mass is 16.7. The van der Waals surface area contributed by atoms with E-state index in [0.717, 1.165) is 0 Å². The standard InChI is InChI=1S/C18H29NO6/c1-8-23-17(24-9-2)11(3)15-14(12(4)20)16(22)19(15)10-13(21)25-18(5,6)7/h14-15,17H,3,8-10H2,1-2,4-7H3/t14-,15-/m1/s1. The molecule has 142 valence electrons. The Hall–Kier alpha value is -1.73. The van der Waals surface area contributed by atoms with Crippen LogP contribution in [-0.2, 0) is 28.6 Å². The van der Waals surface area contributed by atoms with Gasteiger partial charge in [0.2, 0.25) is 5.91 Å². The van der Waals surface area contributed by atoms with E-state index in [2.05, 4.69) is 6.58 Å². The van der Waals surface area contributed by atoms with Crippen molar-refractivity contribution in [2.75, 3.05) is 19.8 Å². The van der Waals surface area contributed by atoms with Gasteiger partial charge in [-0.2, -0.15) is 0 Å². The molecule has 0 saturated carbocycles. The summed E-state index contributed by atoms with van der Waals surface area (Å²) in [6.07, 6.45) is -0.740. The van der Waals surface area contributed by atoms with Gasteiger partial charge in [0.1, 0.15) is 23.8 Å². The van der Waals surface area contributed by atoms with Gasteiger partial charge in [-0.15, -0.1) is 0 Å². The second-order valence-corrected chi connectivity index (χ2v) is 6.90. The van der Waals surface area contributed by atoms with Crippen molar-refractivity contribution in [3.63, 3.8) is 0 Å². The molecular formula is C18H29NO6. The third kappa shape index (κ3) is 5.37. The first-order chi connectivity index (χ1) is 11.5. The minimum atomic E-state index is -0.863. The second-order valence-electron chi connectivity index (χ2n) is 6.90. The molecule has 7 nitrogen and oxygen atoms in total. The Morgan fingerprint density at radius 3 is 2.12 bits per heavy atom. The molecule has 0 aromatic carbocycles. The Bertz CT molecular complexity index is 530. The number of carbonyl (C=O) groups is 3. The average Bonchev–Trinajstić information content (AvgIpc) is 2.46. The molecule has 1 heterocycles. The highest BCUT2D eigenvalue weighted by molar-refractivity contribution is 6.07. The third-order valence-electron chi connectivity index (χ3n) is 3.68. The molecule has 1 saturated heterocycles. The molecule has 0 N–H and O–H groups in total. The lowest BCUT2D eigenvalue weighted by Crippen LogP contribution is -2.66. The fourth-order valence-electron chi connectivity index (χ4n) is 2.75. The van der Waals surface area contributed by atoms with Crippen molar-refractivity contribution >= 4 is 17.7 Å². The zero-order valence-electron chi connectivity index (χ0n) is 16.0. The monoisotopic (exact) mass is 355 g/mol. The molecule has 0 spiro atoms. The van der Waals surface area contributed by atoms with E-state index in [-0.39, 0.29) is 12.3 Å². The highest BCUT2D eigenvalue weighted by Gasteiger charge is 2.53. The van der Waals surface area contributed by atoms with E-state index in [0.29, 0.717) is 18.8 Å². The number of carbonyl (C=O) groups excluding carboxylic acids is 3. The summed E-state index contributed by atoms with van der Waals surface area (Å²) in [5.74, 6) is -2.08. The lowest BCUT2D eigenvalue weighted by Gasteiger charge is -2.47. The van der Waals surface area contributed by atoms with Crippen LogP contribution in [0, 0.1) is 5.92 Å². The molecule has 1 aliphatic rings. The summed E-state index contributed by atoms with van der Waals surface area (Å²) in [6, 6.07) is -0.638. The summed E-state index contributed by atoms with van der Waals surface area (Å²) >= 11 is 0. The van der Waals surface area contributed by atoms with Crippen LogP contribution < -0.4 is 0 Å². The first kappa shape index (κ1) is 21.3. The van der Waals surface area contributed by atoms with Crippen LogP contribution in [-0.4, -0.2) is 60.3 Å². The molecule has 7 heteroatoms. The molecule has 25 heavy (non-hydrogen) atoms. The van der Waals surface area contributed by atoms with E-state index in [1.54, 1.807) is 20.8 Å². The number of nitrogens with zero attached hydrogens (tertiary/aromatic N) is 1. The van der Waals surface area contributed by atoms with Gasteiger partial charge in [-0.05, 0) is 41.5 Å². The second kappa shape index (κ2) is 8.58. The normalized spacial score (nSPS) is 20.4. The van der Waals surface area contributed by atoms with Gasteiger partial charge in [0.15, 0.2) is 6.29 Å². The summed E-state index contributed by atoms with van der Waals surface area (Å²) in [4.78, 5) is 37.6. The van der Waals surface area contributed by atoms with Crippen molar-refractivity contribution in [3.8, 4) is 0 Å². The van der Waals surface area contributed by atoms with Crippen LogP contribution in [0.5, 0.6) is 0 Å². The number of Topliss-reactive ketones (excluding diaryl/α,β-unsaturated/α-hetero) is 1. The van der Waals surface area contributed by atoms with E-state index >= 15 is 0 Å². The van der Waals surface area contributed by atoms with Crippen LogP contribution in [0.3, 0.4) is 0 Å². The predicted molar refractivity (Wildman–Crippen MR) is 91.7 cm³/mol. The summed E-state index contributed by atoms with van der Waals surface area (Å²) in [5, 5.41) is 0. The van der Waals surface area contributed by atoms with Crippen LogP contribution in [0.15, 0.2) is 12.2 Å². The Morgan fingerprint density at radius 2 is 1.72 bits per heavy atom. The lowest BCUT2D eigenvalue weighted by atomic mass is 9.80. The number of amides is 1. The number of hydrogen-bond acceptors (Lipinski definition) is 6. The minimum absolute atomic E-state index is 0.242. The Kier molecular flexibility index (Phi) is 7.31. The molecule has 0 radical (unpaired) electrons. The van der Waals surface area contributed by atoms with E-state index in [1.807, 2.05) is 13.8 Å². The van der Waals surface area contributed by atoms with Gasteiger partial charge in [-0.3, -0.25) is 14.4 Å². The van der Waals surface area contributed by atoms with Crippen molar-refractivity contribution < 1.29 is 28.6 Å². The van der Waals surface area contributed by atoms with Gasteiger partial charge in [-0.1, -0.05) is 6.58 Å². The van der Waals surface area contributed by atoms with E-state index < -0.39 is 35.7 Å². The Labute approximate surface area is 149 Å². The SMILES string of the molecule is C=C(C(OCC)OCC)[C@@H]1[C@@H](C(C)=O)C(=O)N1CC(=O)OC(C)(C)C. The Balaban J connectivity index is 2.95. The van der Waals surface area contributed by atoms with Crippen LogP contribution >= 0.6 is 0 Å². The molecule has 0 bridgehead atoms. The van der Waals surface area contributed by atoms with E-state index in [9.17, 15) is 14.4 Å². The Morgan fingerprint density at radius 1 is 1.20 bits per heavy atom. The molecular weight excluding hydrogens is 326 g/mol. The summed E-state index contributed by atoms with van der Waals surface area (Å²) in [6.45, 7) is 14.7. The van der Waals surface area contributed by atoms with E-state index in [1.165, 1.54) is 11.8 Å². The van der Waals surface area contributed by atoms with Gasteiger partial charge in [0, 0.05) is 18.8 Å². The molecule has 2 atom stereocenters. The van der Waals surface area contributed by atoms with Crippen molar-refractivity contribution in [2.45, 2.75) is 59.5 Å². The minimum Gasteiger partial charge on any atom is -0.459 e. The molecule has 0 aromatic rings. The summed E-state index contributed by atoms with van der Waals surface area (Å²) < 4.78 is 16.3. The predicted octanol–water partition coefficient (Wildman–Crippen LogP) is 1.70. The maximum Gasteiger partial charge on any atom is 0.326 e. The largest absolute Gasteiger partial charge is 0.459 e. The first-order valence-electron chi connectivity index (χ1n) is 8.48. The molecule has 0 unspecified atom stereocenters. The zero-order valence-corrected chi connectivity index (χ0v) is 16.0. The van der Waals surface area contributed by atoms with Gasteiger partial charge in [0.05, 0.1) is 6.04 Å². The summed E-state index contributed by atoms with van der Waals surface area (Å²) in [7, 11) is 0. The number of ether oxygens (including phenoxy) is 3. The number of rotatable bonds is 9. The molecule has 1 aliphatic heterocycles. The van der Waals surface area contributed by atoms with Crippen molar-refractivity contribution in [1.82, 2.24) is 4.90 Å². The third-order valence-corrected chi connectivity index (χ3v) is 3.68. The molecule has 1 rings (SSSR count). The van der Waals surface area contributed by atoms with Crippen LogP contribution in [0.25, 0.3) is 0 Å². The molecule has 0 aromatic heterocycles. The maximum absolute atomic E-state index is 12.3. The van der Waals surface area contributed by atoms with E-state index in [4.69, 9.17) is 14.2 Å². The topological polar surface area (TPSA) is 82.1 Å². The number of ketones is 1. The summed E-state index contributed by atoms with van der Waals surface area (Å²) in [5.41, 5.74) is -0.205. The highest BCUT2D eigenvalue weighted by Crippen LogP contribution is 2.34. The lowest BCUT2D eigenvalue weighted by molar-refractivity contribution is -0.174. The zero-order chi connectivity index (χ0) is 19.4. The number of esters is 1. The molecule has 1 fully saturated rings. The quantitative estimate of drug-likeness (QED) is 0.206. The van der Waals surface area contributed by atoms with Crippen LogP contribution in [0.4, 0.5) is 0 Å². The molecule has 0 aliphatic carbocycles. The number of β-lactam (4-membered cyclic amide) rings is 1. The van der Waals surface area contributed by atoms with Crippen molar-refractivity contribution in [2.24, 2.45) is 5.92 Å². The fraction of sp³-hybridized carbons (Fsp3) is 0.722. The number of hydrogen-bond donors (Lipinski definition) is 0. The van der Waals surface area contributed by atoms with Gasteiger partial charge in [0.25, 0.3) is 0 Å². The average molecular weight is 355 g/mol. The van der Waals surface area contributed by atoms with Crippen molar-refractivity contribution in [1.29, 1.82) is 0 Å². The fourth-order valence-corrected chi connectivity index (χ4v) is 2.75. The number of likely N-dealkylation sites (tertiary alicyclic amines) is 1. The van der Waals surface area contributed by atoms with Gasteiger partial charge in [-0.25, -0.2) is 0 Å².